The van der Waals surface area contributed by atoms with Crippen molar-refractivity contribution in [2.45, 2.75) is 0 Å². The van der Waals surface area contributed by atoms with Gasteiger partial charge in [-0.25, -0.2) is 9.97 Å². The van der Waals surface area contributed by atoms with Crippen molar-refractivity contribution in [3.8, 4) is 12.0 Å². The van der Waals surface area contributed by atoms with E-state index in [1.807, 2.05) is 30.3 Å². The third-order valence-electron chi connectivity index (χ3n) is 2.97. The molecule has 112 valence electrons. The zero-order chi connectivity index (χ0) is 16.1. The van der Waals surface area contributed by atoms with Gasteiger partial charge >= 0.3 is 5.91 Å². The summed E-state index contributed by atoms with van der Waals surface area (Å²) in [7, 11) is 0. The molecule has 2 N–H and O–H groups in total. The molecule has 1 amide bonds. The van der Waals surface area contributed by atoms with E-state index in [2.05, 4.69) is 48.5 Å². The number of fused-ring (bicyclic) bond motifs is 1. The Kier molecular flexibility index (Phi) is 4.50. The zero-order valence-corrected chi connectivity index (χ0v) is 13.5. The molecule has 0 atom stereocenters. The second kappa shape index (κ2) is 6.90. The monoisotopic (exact) mass is 366 g/mol. The fraction of sp³-hybridized carbons (Fsp3) is 0. The van der Waals surface area contributed by atoms with Crippen LogP contribution in [0, 0.1) is 12.0 Å². The van der Waals surface area contributed by atoms with Crippen LogP contribution in [0.3, 0.4) is 0 Å². The molecule has 0 bridgehead atoms. The minimum Gasteiger partial charge on any atom is -0.315 e. The lowest BCUT2D eigenvalue weighted by Crippen LogP contribution is -2.09. The summed E-state index contributed by atoms with van der Waals surface area (Å²) in [6.45, 7) is 0. The van der Waals surface area contributed by atoms with Crippen LogP contribution < -0.4 is 10.6 Å². The number of aromatic nitrogens is 2. The minimum atomic E-state index is -0.399. The first-order valence-electron chi connectivity index (χ1n) is 6.74. The standard InChI is InChI=1S/C17H11BrN4O/c18-13-2-1-3-14(9-13)20-7-6-17(23)22-15-4-5-16-12(8-15)10-19-11-21-16/h1-5,8-11,20H,(H,22,23). The van der Waals surface area contributed by atoms with Gasteiger partial charge in [0.25, 0.3) is 0 Å². The van der Waals surface area contributed by atoms with Gasteiger partial charge in [-0.2, -0.15) is 0 Å². The van der Waals surface area contributed by atoms with Crippen molar-refractivity contribution in [2.24, 2.45) is 0 Å². The van der Waals surface area contributed by atoms with Gasteiger partial charge in [0.1, 0.15) is 6.33 Å². The maximum Gasteiger partial charge on any atom is 0.302 e. The molecule has 0 spiro atoms. The minimum absolute atomic E-state index is 0.399. The Morgan fingerprint density at radius 2 is 2.04 bits per heavy atom. The molecule has 6 heteroatoms. The number of carbonyl (C=O) groups excluding carboxylic acids is 1. The van der Waals surface area contributed by atoms with E-state index < -0.39 is 5.91 Å². The fourth-order valence-electron chi connectivity index (χ4n) is 1.95. The molecule has 0 aliphatic heterocycles. The van der Waals surface area contributed by atoms with E-state index in [0.717, 1.165) is 21.1 Å². The van der Waals surface area contributed by atoms with Crippen LogP contribution in [0.25, 0.3) is 10.9 Å². The van der Waals surface area contributed by atoms with Crippen LogP contribution in [-0.2, 0) is 4.79 Å². The van der Waals surface area contributed by atoms with Crippen LogP contribution >= 0.6 is 15.9 Å². The highest BCUT2D eigenvalue weighted by Crippen LogP contribution is 2.16. The lowest BCUT2D eigenvalue weighted by atomic mass is 10.2. The van der Waals surface area contributed by atoms with Crippen LogP contribution in [0.5, 0.6) is 0 Å². The number of carbonyl (C=O) groups is 1. The molecular formula is C17H11BrN4O. The number of hydrogen-bond donors (Lipinski definition) is 2. The van der Waals surface area contributed by atoms with Crippen LogP contribution in [-0.4, -0.2) is 15.9 Å². The number of anilines is 2. The number of nitrogens with zero attached hydrogens (tertiary/aromatic N) is 2. The molecular weight excluding hydrogens is 356 g/mol. The second-order valence-electron chi connectivity index (χ2n) is 4.64. The Hall–Kier alpha value is -2.91. The molecule has 0 saturated heterocycles. The molecule has 3 aromatic rings. The lowest BCUT2D eigenvalue weighted by Gasteiger charge is -2.02. The maximum atomic E-state index is 11.8. The van der Waals surface area contributed by atoms with Gasteiger partial charge in [0.05, 0.1) is 5.52 Å². The number of halogens is 1. The van der Waals surface area contributed by atoms with Crippen molar-refractivity contribution in [1.82, 2.24) is 9.97 Å². The Labute approximate surface area is 141 Å². The third-order valence-corrected chi connectivity index (χ3v) is 3.46. The maximum absolute atomic E-state index is 11.8. The molecule has 2 aromatic carbocycles. The molecule has 0 aliphatic carbocycles. The number of rotatable bonds is 2. The largest absolute Gasteiger partial charge is 0.315 e. The van der Waals surface area contributed by atoms with Gasteiger partial charge in [-0.3, -0.25) is 4.79 Å². The summed E-state index contributed by atoms with van der Waals surface area (Å²) in [4.78, 5) is 19.9. The molecule has 3 rings (SSSR count). The topological polar surface area (TPSA) is 66.9 Å². The van der Waals surface area contributed by atoms with Crippen LogP contribution in [0.15, 0.2) is 59.5 Å². The lowest BCUT2D eigenvalue weighted by molar-refractivity contribution is -0.111. The van der Waals surface area contributed by atoms with E-state index in [4.69, 9.17) is 0 Å². The molecule has 0 radical (unpaired) electrons. The zero-order valence-electron chi connectivity index (χ0n) is 11.9. The Morgan fingerprint density at radius 3 is 2.91 bits per heavy atom. The van der Waals surface area contributed by atoms with E-state index in [9.17, 15) is 4.79 Å². The van der Waals surface area contributed by atoms with Crippen molar-refractivity contribution < 1.29 is 4.79 Å². The summed E-state index contributed by atoms with van der Waals surface area (Å²) in [5.41, 5.74) is 2.27. The molecule has 1 heterocycles. The Balaban J connectivity index is 1.65. The molecule has 1 aromatic heterocycles. The molecule has 0 aliphatic rings. The van der Waals surface area contributed by atoms with E-state index in [1.165, 1.54) is 6.33 Å². The van der Waals surface area contributed by atoms with E-state index in [1.54, 1.807) is 18.3 Å². The molecule has 0 unspecified atom stereocenters. The van der Waals surface area contributed by atoms with E-state index >= 15 is 0 Å². The summed E-state index contributed by atoms with van der Waals surface area (Å²) in [6, 6.07) is 15.5. The first-order chi connectivity index (χ1) is 11.2. The average Bonchev–Trinajstić information content (AvgIpc) is 2.55. The number of hydrogen-bond acceptors (Lipinski definition) is 4. The van der Waals surface area contributed by atoms with Crippen molar-refractivity contribution in [1.29, 1.82) is 0 Å². The first kappa shape index (κ1) is 15.0. The first-order valence-corrected chi connectivity index (χ1v) is 7.53. The van der Waals surface area contributed by atoms with Crippen molar-refractivity contribution >= 4 is 44.1 Å². The molecule has 0 saturated carbocycles. The van der Waals surface area contributed by atoms with E-state index in [-0.39, 0.29) is 0 Å². The van der Waals surface area contributed by atoms with Gasteiger partial charge in [-0.15, -0.1) is 0 Å². The average molecular weight is 367 g/mol. The molecule has 0 fully saturated rings. The Morgan fingerprint density at radius 1 is 1.13 bits per heavy atom. The Bertz CT molecular complexity index is 930. The van der Waals surface area contributed by atoms with Gasteiger partial charge in [0, 0.05) is 39.4 Å². The van der Waals surface area contributed by atoms with Crippen LogP contribution in [0.1, 0.15) is 0 Å². The van der Waals surface area contributed by atoms with Gasteiger partial charge in [-0.05, 0) is 36.4 Å². The summed E-state index contributed by atoms with van der Waals surface area (Å²) >= 11 is 3.37. The SMILES string of the molecule is O=C(C#CNc1cccc(Br)c1)Nc1ccc2ncncc2c1. The second-order valence-corrected chi connectivity index (χ2v) is 5.55. The van der Waals surface area contributed by atoms with Crippen molar-refractivity contribution in [2.75, 3.05) is 10.6 Å². The third kappa shape index (κ3) is 4.05. The highest BCUT2D eigenvalue weighted by atomic mass is 79.9. The van der Waals surface area contributed by atoms with Gasteiger partial charge in [0.2, 0.25) is 0 Å². The highest BCUT2D eigenvalue weighted by Gasteiger charge is 2.00. The van der Waals surface area contributed by atoms with E-state index in [0.29, 0.717) is 5.69 Å². The summed E-state index contributed by atoms with van der Waals surface area (Å²) in [6.07, 6.45) is 3.18. The van der Waals surface area contributed by atoms with Gasteiger partial charge < -0.3 is 10.6 Å². The summed E-state index contributed by atoms with van der Waals surface area (Å²) in [5.74, 6) is 2.09. The fourth-order valence-corrected chi connectivity index (χ4v) is 2.35. The smallest absolute Gasteiger partial charge is 0.302 e. The number of benzene rings is 2. The summed E-state index contributed by atoms with van der Waals surface area (Å²) < 4.78 is 0.937. The molecule has 5 nitrogen and oxygen atoms in total. The predicted molar refractivity (Wildman–Crippen MR) is 93.7 cm³/mol. The van der Waals surface area contributed by atoms with Gasteiger partial charge in [-0.1, -0.05) is 22.0 Å². The van der Waals surface area contributed by atoms with Gasteiger partial charge in [0.15, 0.2) is 0 Å². The quantitative estimate of drug-likeness (QED) is 0.538. The number of nitrogens with one attached hydrogen (secondary N) is 2. The summed E-state index contributed by atoms with van der Waals surface area (Å²) in [5, 5.41) is 6.43. The predicted octanol–water partition coefficient (Wildman–Crippen LogP) is 3.40. The highest BCUT2D eigenvalue weighted by molar-refractivity contribution is 9.10. The normalized spacial score (nSPS) is 9.78. The number of amides is 1. The van der Waals surface area contributed by atoms with Crippen LogP contribution in [0.4, 0.5) is 11.4 Å². The molecule has 23 heavy (non-hydrogen) atoms. The van der Waals surface area contributed by atoms with Crippen molar-refractivity contribution in [3.63, 3.8) is 0 Å². The van der Waals surface area contributed by atoms with Crippen LogP contribution in [0.2, 0.25) is 0 Å². The van der Waals surface area contributed by atoms with Crippen molar-refractivity contribution in [3.05, 3.63) is 59.5 Å².